The van der Waals surface area contributed by atoms with E-state index in [4.69, 9.17) is 0 Å². The molecule has 0 saturated carbocycles. The van der Waals surface area contributed by atoms with Crippen LogP contribution in [0.5, 0.6) is 0 Å². The summed E-state index contributed by atoms with van der Waals surface area (Å²) in [6, 6.07) is 6.47. The summed E-state index contributed by atoms with van der Waals surface area (Å²) in [5, 5.41) is 5.70. The Morgan fingerprint density at radius 1 is 1.10 bits per heavy atom. The topological polar surface area (TPSA) is 37.0 Å². The van der Waals surface area contributed by atoms with Crippen molar-refractivity contribution in [2.75, 3.05) is 17.2 Å². The summed E-state index contributed by atoms with van der Waals surface area (Å²) in [6.07, 6.45) is 0.782. The molecule has 0 amide bonds. The smallest absolute Gasteiger partial charge is 0.169 e. The van der Waals surface area contributed by atoms with E-state index in [-0.39, 0.29) is 11.6 Å². The van der Waals surface area contributed by atoms with Crippen molar-refractivity contribution in [2.45, 2.75) is 20.3 Å². The lowest BCUT2D eigenvalue weighted by Gasteiger charge is -2.13. The van der Waals surface area contributed by atoms with Crippen LogP contribution >= 0.6 is 15.9 Å². The highest BCUT2D eigenvalue weighted by Gasteiger charge is 2.13. The Balaban J connectivity index is 2.37. The van der Waals surface area contributed by atoms with Gasteiger partial charge in [0, 0.05) is 22.8 Å². The third-order valence-electron chi connectivity index (χ3n) is 2.97. The molecular weight excluding hydrogens is 340 g/mol. The maximum atomic E-state index is 13.9. The van der Waals surface area contributed by atoms with E-state index in [0.29, 0.717) is 6.54 Å². The van der Waals surface area contributed by atoms with Crippen LogP contribution in [-0.4, -0.2) is 11.5 Å². The van der Waals surface area contributed by atoms with E-state index >= 15 is 0 Å². The molecule has 0 fully saturated rings. The number of nitrogens with zero attached hydrogens (tertiary/aromatic N) is 1. The van der Waals surface area contributed by atoms with Gasteiger partial charge in [-0.25, -0.2) is 13.8 Å². The number of halogens is 3. The van der Waals surface area contributed by atoms with Crippen LogP contribution in [0.1, 0.15) is 19.4 Å². The first-order valence-electron chi connectivity index (χ1n) is 6.70. The van der Waals surface area contributed by atoms with E-state index in [1.165, 1.54) is 0 Å². The van der Waals surface area contributed by atoms with Gasteiger partial charge in [-0.1, -0.05) is 22.9 Å². The minimum absolute atomic E-state index is 0.00405. The Labute approximate surface area is 130 Å². The first-order chi connectivity index (χ1) is 10.0. The number of rotatable bonds is 5. The molecule has 0 aliphatic carbocycles. The maximum absolute atomic E-state index is 13.9. The molecule has 2 N–H and O–H groups in total. The minimum atomic E-state index is -0.723. The van der Waals surface area contributed by atoms with Gasteiger partial charge in [0.1, 0.15) is 0 Å². The number of aryl methyl sites for hydroxylation is 1. The fourth-order valence-corrected chi connectivity index (χ4v) is 2.36. The van der Waals surface area contributed by atoms with E-state index in [1.54, 1.807) is 0 Å². The number of nitrogens with one attached hydrogen (secondary N) is 2. The van der Waals surface area contributed by atoms with Gasteiger partial charge < -0.3 is 10.6 Å². The molecule has 2 aromatic rings. The Morgan fingerprint density at radius 3 is 2.48 bits per heavy atom. The molecule has 0 atom stereocenters. The predicted octanol–water partition coefficient (Wildman–Crippen LogP) is 4.86. The van der Waals surface area contributed by atoms with Crippen molar-refractivity contribution >= 4 is 33.3 Å². The van der Waals surface area contributed by atoms with Crippen LogP contribution in [0, 0.1) is 11.6 Å². The first kappa shape index (κ1) is 15.7. The fraction of sp³-hybridized carbons (Fsp3) is 0.267. The zero-order valence-corrected chi connectivity index (χ0v) is 13.4. The van der Waals surface area contributed by atoms with Gasteiger partial charge in [0.15, 0.2) is 23.3 Å². The van der Waals surface area contributed by atoms with Crippen LogP contribution in [0.4, 0.5) is 26.1 Å². The normalized spacial score (nSPS) is 10.5. The molecule has 0 spiro atoms. The summed E-state index contributed by atoms with van der Waals surface area (Å²) in [4.78, 5) is 3.97. The Kier molecular flexibility index (Phi) is 5.12. The van der Waals surface area contributed by atoms with E-state index in [0.717, 1.165) is 28.2 Å². The lowest BCUT2D eigenvalue weighted by atomic mass is 10.1. The molecule has 0 radical (unpaired) electrons. The van der Waals surface area contributed by atoms with Gasteiger partial charge in [-0.05, 0) is 37.1 Å². The molecule has 112 valence electrons. The molecule has 1 heterocycles. The van der Waals surface area contributed by atoms with Gasteiger partial charge in [-0.15, -0.1) is 0 Å². The van der Waals surface area contributed by atoms with Gasteiger partial charge in [0.25, 0.3) is 0 Å². The lowest BCUT2D eigenvalue weighted by Crippen LogP contribution is -2.07. The molecule has 2 rings (SSSR count). The molecule has 0 aliphatic rings. The molecule has 1 aromatic carbocycles. The lowest BCUT2D eigenvalue weighted by molar-refractivity contribution is 0.579. The highest BCUT2D eigenvalue weighted by molar-refractivity contribution is 9.10. The Hall–Kier alpha value is -1.69. The second-order valence-corrected chi connectivity index (χ2v) is 5.38. The van der Waals surface area contributed by atoms with Crippen molar-refractivity contribution in [3.8, 4) is 0 Å². The standard InChI is InChI=1S/C15H16BrF2N3/c1-3-9-7-10(16)5-6-13(9)20-15-12(18)8-11(17)14(21-15)19-4-2/h5-8H,3-4H2,1-2H3,(H2,19,20,21). The van der Waals surface area contributed by atoms with E-state index in [9.17, 15) is 8.78 Å². The number of hydrogen-bond acceptors (Lipinski definition) is 3. The molecule has 0 unspecified atom stereocenters. The summed E-state index contributed by atoms with van der Waals surface area (Å²) in [5.41, 5.74) is 1.76. The Morgan fingerprint density at radius 2 is 1.81 bits per heavy atom. The molecular formula is C15H16BrF2N3. The molecule has 21 heavy (non-hydrogen) atoms. The summed E-state index contributed by atoms with van der Waals surface area (Å²) >= 11 is 3.40. The molecule has 3 nitrogen and oxygen atoms in total. The van der Waals surface area contributed by atoms with Crippen molar-refractivity contribution in [3.63, 3.8) is 0 Å². The first-order valence-corrected chi connectivity index (χ1v) is 7.49. The van der Waals surface area contributed by atoms with Crippen LogP contribution in [0.15, 0.2) is 28.7 Å². The average molecular weight is 356 g/mol. The monoisotopic (exact) mass is 355 g/mol. The van der Waals surface area contributed by atoms with Crippen LogP contribution in [0.2, 0.25) is 0 Å². The largest absolute Gasteiger partial charge is 0.368 e. The summed E-state index contributed by atoms with van der Waals surface area (Å²) in [5.74, 6) is -1.38. The SMILES string of the molecule is CCNc1nc(Nc2ccc(Br)cc2CC)c(F)cc1F. The van der Waals surface area contributed by atoms with E-state index < -0.39 is 11.6 Å². The van der Waals surface area contributed by atoms with Crippen molar-refractivity contribution < 1.29 is 8.78 Å². The van der Waals surface area contributed by atoms with Gasteiger partial charge in [-0.3, -0.25) is 0 Å². The van der Waals surface area contributed by atoms with Crippen molar-refractivity contribution in [1.82, 2.24) is 4.98 Å². The van der Waals surface area contributed by atoms with Crippen LogP contribution in [-0.2, 0) is 6.42 Å². The number of pyridine rings is 1. The van der Waals surface area contributed by atoms with Gasteiger partial charge >= 0.3 is 0 Å². The van der Waals surface area contributed by atoms with Gasteiger partial charge in [0.05, 0.1) is 0 Å². The molecule has 0 aliphatic heterocycles. The third kappa shape index (κ3) is 3.69. The molecule has 0 saturated heterocycles. The highest BCUT2D eigenvalue weighted by atomic mass is 79.9. The average Bonchev–Trinajstić information content (AvgIpc) is 2.45. The fourth-order valence-electron chi connectivity index (χ4n) is 1.95. The van der Waals surface area contributed by atoms with Crippen LogP contribution in [0.25, 0.3) is 0 Å². The van der Waals surface area contributed by atoms with Crippen LogP contribution < -0.4 is 10.6 Å². The van der Waals surface area contributed by atoms with Crippen molar-refractivity contribution in [2.24, 2.45) is 0 Å². The number of benzene rings is 1. The zero-order valence-electron chi connectivity index (χ0n) is 11.8. The number of aromatic nitrogens is 1. The molecule has 1 aromatic heterocycles. The predicted molar refractivity (Wildman–Crippen MR) is 85.1 cm³/mol. The van der Waals surface area contributed by atoms with E-state index in [1.807, 2.05) is 32.0 Å². The molecule has 6 heteroatoms. The van der Waals surface area contributed by atoms with Crippen molar-refractivity contribution in [3.05, 3.63) is 45.9 Å². The third-order valence-corrected chi connectivity index (χ3v) is 3.47. The summed E-state index contributed by atoms with van der Waals surface area (Å²) < 4.78 is 28.4. The van der Waals surface area contributed by atoms with E-state index in [2.05, 4.69) is 31.5 Å². The second-order valence-electron chi connectivity index (χ2n) is 4.46. The number of hydrogen-bond donors (Lipinski definition) is 2. The highest BCUT2D eigenvalue weighted by Crippen LogP contribution is 2.27. The summed E-state index contributed by atoms with van der Waals surface area (Å²) in [6.45, 7) is 4.33. The van der Waals surface area contributed by atoms with Gasteiger partial charge in [-0.2, -0.15) is 0 Å². The van der Waals surface area contributed by atoms with Gasteiger partial charge in [0.2, 0.25) is 0 Å². The second kappa shape index (κ2) is 6.85. The number of anilines is 3. The zero-order chi connectivity index (χ0) is 15.4. The molecule has 0 bridgehead atoms. The Bertz CT molecular complexity index is 647. The van der Waals surface area contributed by atoms with Crippen molar-refractivity contribution in [1.29, 1.82) is 0 Å². The van der Waals surface area contributed by atoms with Crippen LogP contribution in [0.3, 0.4) is 0 Å². The quantitative estimate of drug-likeness (QED) is 0.803. The minimum Gasteiger partial charge on any atom is -0.368 e. The maximum Gasteiger partial charge on any atom is 0.169 e. The summed E-state index contributed by atoms with van der Waals surface area (Å²) in [7, 11) is 0.